The molecule has 20 heavy (non-hydrogen) atoms. The summed E-state index contributed by atoms with van der Waals surface area (Å²) in [7, 11) is 0. The van der Waals surface area contributed by atoms with E-state index in [9.17, 15) is 9.90 Å². The van der Waals surface area contributed by atoms with Gasteiger partial charge in [-0.1, -0.05) is 12.8 Å². The Morgan fingerprint density at radius 3 is 2.70 bits per heavy atom. The summed E-state index contributed by atoms with van der Waals surface area (Å²) in [6, 6.07) is 0.188. The van der Waals surface area contributed by atoms with Crippen molar-refractivity contribution in [3.63, 3.8) is 0 Å². The van der Waals surface area contributed by atoms with Crippen molar-refractivity contribution >= 4 is 17.8 Å². The quantitative estimate of drug-likeness (QED) is 0.706. The summed E-state index contributed by atoms with van der Waals surface area (Å²) in [5, 5.41) is 15.9. The van der Waals surface area contributed by atoms with Gasteiger partial charge in [-0.15, -0.1) is 0 Å². The second-order valence-electron chi connectivity index (χ2n) is 6.72. The largest absolute Gasteiger partial charge is 0.387 e. The molecule has 3 N–H and O–H groups in total. The first-order valence-corrected chi connectivity index (χ1v) is 9.15. The number of nitrogens with one attached hydrogen (secondary N) is 2. The van der Waals surface area contributed by atoms with Gasteiger partial charge in [-0.3, -0.25) is 0 Å². The van der Waals surface area contributed by atoms with Crippen LogP contribution in [0.5, 0.6) is 0 Å². The van der Waals surface area contributed by atoms with Gasteiger partial charge in [0.1, 0.15) is 0 Å². The van der Waals surface area contributed by atoms with Crippen LogP contribution in [-0.2, 0) is 0 Å². The van der Waals surface area contributed by atoms with Gasteiger partial charge in [0, 0.05) is 18.3 Å². The summed E-state index contributed by atoms with van der Waals surface area (Å²) in [6.45, 7) is 2.06. The Morgan fingerprint density at radius 2 is 2.05 bits per heavy atom. The zero-order valence-corrected chi connectivity index (χ0v) is 13.5. The van der Waals surface area contributed by atoms with Crippen LogP contribution in [0.4, 0.5) is 4.79 Å². The van der Waals surface area contributed by atoms with Crippen LogP contribution in [0.25, 0.3) is 0 Å². The van der Waals surface area contributed by atoms with E-state index in [2.05, 4.69) is 10.6 Å². The van der Waals surface area contributed by atoms with E-state index in [0.717, 1.165) is 24.7 Å². The zero-order chi connectivity index (χ0) is 14.6. The van der Waals surface area contributed by atoms with Crippen molar-refractivity contribution < 1.29 is 9.90 Å². The Kier molecular flexibility index (Phi) is 5.61. The van der Waals surface area contributed by atoms with Crippen LogP contribution < -0.4 is 10.6 Å². The number of urea groups is 1. The summed E-state index contributed by atoms with van der Waals surface area (Å²) >= 11 is 1.58. The third-order valence-electron chi connectivity index (χ3n) is 4.42. The van der Waals surface area contributed by atoms with E-state index >= 15 is 0 Å². The van der Waals surface area contributed by atoms with Gasteiger partial charge < -0.3 is 15.7 Å². The fourth-order valence-electron chi connectivity index (χ4n) is 3.22. The molecule has 0 aromatic heterocycles. The molecule has 0 saturated heterocycles. The molecular weight excluding hydrogens is 272 g/mol. The highest BCUT2D eigenvalue weighted by Crippen LogP contribution is 2.43. The third-order valence-corrected chi connectivity index (χ3v) is 5.33. The molecule has 3 atom stereocenters. The molecule has 0 spiro atoms. The second-order valence-corrected chi connectivity index (χ2v) is 7.58. The molecule has 5 heteroatoms. The summed E-state index contributed by atoms with van der Waals surface area (Å²) in [4.78, 5) is 11.9. The Hall–Kier alpha value is -0.420. The van der Waals surface area contributed by atoms with Crippen LogP contribution in [0.3, 0.4) is 0 Å². The fraction of sp³-hybridized carbons (Fsp3) is 0.933. The minimum absolute atomic E-state index is 0.132. The Balaban J connectivity index is 1.68. The molecule has 2 fully saturated rings. The number of carbonyl (C=O) groups is 1. The number of amides is 2. The van der Waals surface area contributed by atoms with E-state index in [-0.39, 0.29) is 6.03 Å². The number of hydrogen-bond acceptors (Lipinski definition) is 3. The Morgan fingerprint density at radius 1 is 1.30 bits per heavy atom. The van der Waals surface area contributed by atoms with E-state index in [1.54, 1.807) is 18.7 Å². The lowest BCUT2D eigenvalue weighted by Gasteiger charge is -2.30. The summed E-state index contributed by atoms with van der Waals surface area (Å²) in [6.07, 6.45) is 9.54. The van der Waals surface area contributed by atoms with Crippen LogP contribution in [-0.4, -0.2) is 41.3 Å². The van der Waals surface area contributed by atoms with Crippen LogP contribution in [0, 0.1) is 11.8 Å². The molecule has 0 aromatic rings. The first-order valence-electron chi connectivity index (χ1n) is 7.76. The topological polar surface area (TPSA) is 61.4 Å². The molecule has 2 aliphatic rings. The number of carbonyl (C=O) groups excluding carboxylic acids is 1. The molecule has 2 saturated carbocycles. The maximum Gasteiger partial charge on any atom is 0.315 e. The molecule has 116 valence electrons. The van der Waals surface area contributed by atoms with Gasteiger partial charge in [-0.2, -0.15) is 11.8 Å². The Labute approximate surface area is 126 Å². The van der Waals surface area contributed by atoms with Crippen molar-refractivity contribution in [1.82, 2.24) is 10.6 Å². The smallest absolute Gasteiger partial charge is 0.315 e. The maximum absolute atomic E-state index is 11.9. The predicted octanol–water partition coefficient (Wildman–Crippen LogP) is 2.37. The molecule has 0 aromatic carbocycles. The van der Waals surface area contributed by atoms with Crippen LogP contribution in [0.2, 0.25) is 0 Å². The number of thioether (sulfide) groups is 1. The van der Waals surface area contributed by atoms with Crippen LogP contribution in [0.15, 0.2) is 0 Å². The number of aliphatic hydroxyl groups is 1. The molecule has 0 heterocycles. The lowest BCUT2D eigenvalue weighted by Crippen LogP contribution is -2.49. The molecule has 0 bridgehead atoms. The summed E-state index contributed by atoms with van der Waals surface area (Å²) in [5.74, 6) is 2.39. The van der Waals surface area contributed by atoms with Crippen molar-refractivity contribution in [3.8, 4) is 0 Å². The normalized spacial score (nSPS) is 29.6. The van der Waals surface area contributed by atoms with Crippen LogP contribution >= 0.6 is 11.8 Å². The summed E-state index contributed by atoms with van der Waals surface area (Å²) in [5.41, 5.74) is -0.833. The van der Waals surface area contributed by atoms with Crippen molar-refractivity contribution in [2.24, 2.45) is 11.8 Å². The number of hydrogen-bond donors (Lipinski definition) is 3. The number of rotatable bonds is 6. The monoisotopic (exact) mass is 300 g/mol. The highest BCUT2D eigenvalue weighted by atomic mass is 32.2. The highest BCUT2D eigenvalue weighted by Gasteiger charge is 2.35. The molecule has 2 amide bonds. The molecule has 4 nitrogen and oxygen atoms in total. The lowest BCUT2D eigenvalue weighted by molar-refractivity contribution is 0.0865. The standard InChI is InChI=1S/C15H28N2O2S/c1-15(19,10-20-2)9-16-14(18)17-13-5-3-4-12(8-13)11-6-7-11/h11-13,19H,3-10H2,1-2H3,(H2,16,17,18). The van der Waals surface area contributed by atoms with Crippen LogP contribution in [0.1, 0.15) is 45.4 Å². The van der Waals surface area contributed by atoms with Gasteiger partial charge >= 0.3 is 6.03 Å². The predicted molar refractivity (Wildman–Crippen MR) is 84.0 cm³/mol. The van der Waals surface area contributed by atoms with Gasteiger partial charge in [0.05, 0.1) is 5.60 Å². The second kappa shape index (κ2) is 7.03. The van der Waals surface area contributed by atoms with Gasteiger partial charge in [-0.25, -0.2) is 4.79 Å². The maximum atomic E-state index is 11.9. The first kappa shape index (κ1) is 16.0. The van der Waals surface area contributed by atoms with Gasteiger partial charge in [0.2, 0.25) is 0 Å². The molecule has 0 radical (unpaired) electrons. The van der Waals surface area contributed by atoms with Gasteiger partial charge in [0.25, 0.3) is 0 Å². The SMILES string of the molecule is CSCC(C)(O)CNC(=O)NC1CCCC(C2CC2)C1. The molecule has 0 aliphatic heterocycles. The summed E-state index contributed by atoms with van der Waals surface area (Å²) < 4.78 is 0. The van der Waals surface area contributed by atoms with Crippen molar-refractivity contribution in [2.75, 3.05) is 18.6 Å². The Bertz CT molecular complexity index is 332. The average Bonchev–Trinajstić information content (AvgIpc) is 3.21. The van der Waals surface area contributed by atoms with Gasteiger partial charge in [0.15, 0.2) is 0 Å². The van der Waals surface area contributed by atoms with Gasteiger partial charge in [-0.05, 0) is 50.7 Å². The van der Waals surface area contributed by atoms with E-state index in [4.69, 9.17) is 0 Å². The van der Waals surface area contributed by atoms with E-state index < -0.39 is 5.60 Å². The zero-order valence-electron chi connectivity index (χ0n) is 12.7. The highest BCUT2D eigenvalue weighted by molar-refractivity contribution is 7.98. The lowest BCUT2D eigenvalue weighted by atomic mass is 9.83. The fourth-order valence-corrected chi connectivity index (χ4v) is 3.95. The van der Waals surface area contributed by atoms with E-state index in [1.807, 2.05) is 6.26 Å². The van der Waals surface area contributed by atoms with Crippen molar-refractivity contribution in [2.45, 2.75) is 57.1 Å². The van der Waals surface area contributed by atoms with E-state index in [1.165, 1.54) is 25.7 Å². The molecular formula is C15H28N2O2S. The van der Waals surface area contributed by atoms with Crippen molar-refractivity contribution in [1.29, 1.82) is 0 Å². The minimum Gasteiger partial charge on any atom is -0.387 e. The van der Waals surface area contributed by atoms with E-state index in [0.29, 0.717) is 18.3 Å². The minimum atomic E-state index is -0.833. The molecule has 2 aliphatic carbocycles. The molecule has 2 rings (SSSR count). The third kappa shape index (κ3) is 5.17. The average molecular weight is 300 g/mol. The molecule has 3 unspecified atom stereocenters. The first-order chi connectivity index (χ1) is 9.50. The van der Waals surface area contributed by atoms with Crippen molar-refractivity contribution in [3.05, 3.63) is 0 Å².